The van der Waals surface area contributed by atoms with Crippen molar-refractivity contribution in [3.8, 4) is 0 Å². The van der Waals surface area contributed by atoms with Gasteiger partial charge in [0.25, 0.3) is 0 Å². The largest absolute Gasteiger partial charge is 0.392 e. The topological polar surface area (TPSA) is 35.5 Å². The Labute approximate surface area is 94.9 Å². The third kappa shape index (κ3) is 6.88. The van der Waals surface area contributed by atoms with Crippen LogP contribution in [0.1, 0.15) is 34.1 Å². The van der Waals surface area contributed by atoms with Crippen LogP contribution in [0.25, 0.3) is 0 Å². The molecule has 0 radical (unpaired) electrons. The molecule has 2 N–H and O–H groups in total. The van der Waals surface area contributed by atoms with Crippen LogP contribution in [0.15, 0.2) is 0 Å². The summed E-state index contributed by atoms with van der Waals surface area (Å²) in [4.78, 5) is 2.21. The lowest BCUT2D eigenvalue weighted by Crippen LogP contribution is -2.42. The van der Waals surface area contributed by atoms with Crippen LogP contribution >= 0.6 is 0 Å². The van der Waals surface area contributed by atoms with Crippen molar-refractivity contribution in [2.75, 3.05) is 33.2 Å². The minimum Gasteiger partial charge on any atom is -0.392 e. The zero-order valence-electron chi connectivity index (χ0n) is 11.0. The third-order valence-corrected chi connectivity index (χ3v) is 2.88. The van der Waals surface area contributed by atoms with Gasteiger partial charge in [0.1, 0.15) is 0 Å². The van der Waals surface area contributed by atoms with Crippen molar-refractivity contribution in [1.29, 1.82) is 0 Å². The standard InChI is InChI=1S/C12H28N2O/c1-6-12(4,9-13-7-2)10-14(5)8-11(3)15/h11,13,15H,6-10H2,1-5H3. The van der Waals surface area contributed by atoms with Crippen LogP contribution in [0, 0.1) is 5.41 Å². The second kappa shape index (κ2) is 7.20. The molecule has 0 aliphatic heterocycles. The summed E-state index contributed by atoms with van der Waals surface area (Å²) in [6.07, 6.45) is 0.916. The van der Waals surface area contributed by atoms with Gasteiger partial charge in [-0.05, 0) is 32.4 Å². The molecule has 2 unspecified atom stereocenters. The van der Waals surface area contributed by atoms with Gasteiger partial charge in [0.15, 0.2) is 0 Å². The van der Waals surface area contributed by atoms with Gasteiger partial charge in [-0.2, -0.15) is 0 Å². The van der Waals surface area contributed by atoms with E-state index in [2.05, 4.69) is 38.0 Å². The molecule has 0 aliphatic carbocycles. The van der Waals surface area contributed by atoms with Crippen molar-refractivity contribution >= 4 is 0 Å². The molecule has 0 saturated carbocycles. The first kappa shape index (κ1) is 14.9. The fraction of sp³-hybridized carbons (Fsp3) is 1.00. The van der Waals surface area contributed by atoms with Crippen LogP contribution in [0.4, 0.5) is 0 Å². The highest BCUT2D eigenvalue weighted by molar-refractivity contribution is 4.78. The lowest BCUT2D eigenvalue weighted by atomic mass is 9.87. The van der Waals surface area contributed by atoms with Gasteiger partial charge in [-0.1, -0.05) is 20.8 Å². The average molecular weight is 216 g/mol. The molecule has 3 heteroatoms. The van der Waals surface area contributed by atoms with E-state index in [1.165, 1.54) is 0 Å². The first-order valence-electron chi connectivity index (χ1n) is 6.01. The number of likely N-dealkylation sites (N-methyl/N-ethyl adjacent to an activating group) is 1. The fourth-order valence-corrected chi connectivity index (χ4v) is 1.89. The van der Waals surface area contributed by atoms with Gasteiger partial charge in [0.2, 0.25) is 0 Å². The van der Waals surface area contributed by atoms with E-state index in [0.717, 1.165) is 32.6 Å². The van der Waals surface area contributed by atoms with E-state index in [9.17, 15) is 5.11 Å². The van der Waals surface area contributed by atoms with Crippen molar-refractivity contribution in [3.63, 3.8) is 0 Å². The molecule has 92 valence electrons. The van der Waals surface area contributed by atoms with E-state index in [4.69, 9.17) is 0 Å². The van der Waals surface area contributed by atoms with Crippen LogP contribution < -0.4 is 5.32 Å². The predicted octanol–water partition coefficient (Wildman–Crippen LogP) is 1.32. The Balaban J connectivity index is 4.05. The normalized spacial score (nSPS) is 17.8. The zero-order valence-corrected chi connectivity index (χ0v) is 11.0. The third-order valence-electron chi connectivity index (χ3n) is 2.88. The Morgan fingerprint density at radius 1 is 1.40 bits per heavy atom. The van der Waals surface area contributed by atoms with E-state index >= 15 is 0 Å². The van der Waals surface area contributed by atoms with E-state index < -0.39 is 0 Å². The van der Waals surface area contributed by atoms with Gasteiger partial charge >= 0.3 is 0 Å². The Morgan fingerprint density at radius 3 is 2.40 bits per heavy atom. The summed E-state index contributed by atoms with van der Waals surface area (Å²) in [5.41, 5.74) is 0.305. The summed E-state index contributed by atoms with van der Waals surface area (Å²) < 4.78 is 0. The van der Waals surface area contributed by atoms with E-state index in [0.29, 0.717) is 5.41 Å². The Bertz CT molecular complexity index is 162. The van der Waals surface area contributed by atoms with E-state index in [-0.39, 0.29) is 6.10 Å². The number of hydrogen-bond donors (Lipinski definition) is 2. The molecule has 0 fully saturated rings. The van der Waals surface area contributed by atoms with Crippen molar-refractivity contribution in [3.05, 3.63) is 0 Å². The summed E-state index contributed by atoms with van der Waals surface area (Å²) in [5, 5.41) is 12.7. The second-order valence-electron chi connectivity index (χ2n) is 4.99. The van der Waals surface area contributed by atoms with Gasteiger partial charge in [-0.25, -0.2) is 0 Å². The summed E-state index contributed by atoms with van der Waals surface area (Å²) in [6, 6.07) is 0. The molecule has 0 amide bonds. The van der Waals surface area contributed by atoms with E-state index in [1.807, 2.05) is 6.92 Å². The first-order chi connectivity index (χ1) is 6.93. The smallest absolute Gasteiger partial charge is 0.0638 e. The monoisotopic (exact) mass is 216 g/mol. The number of aliphatic hydroxyl groups excluding tert-OH is 1. The van der Waals surface area contributed by atoms with Gasteiger partial charge < -0.3 is 15.3 Å². The van der Waals surface area contributed by atoms with Crippen molar-refractivity contribution in [1.82, 2.24) is 10.2 Å². The van der Waals surface area contributed by atoms with Crippen LogP contribution in [0.5, 0.6) is 0 Å². The van der Waals surface area contributed by atoms with Crippen molar-refractivity contribution < 1.29 is 5.11 Å². The van der Waals surface area contributed by atoms with Gasteiger partial charge in [-0.3, -0.25) is 0 Å². The van der Waals surface area contributed by atoms with Crippen molar-refractivity contribution in [2.45, 2.75) is 40.2 Å². The molecule has 0 saturated heterocycles. The van der Waals surface area contributed by atoms with Gasteiger partial charge in [-0.15, -0.1) is 0 Å². The molecule has 2 atom stereocenters. The molecule has 0 spiro atoms. The maximum Gasteiger partial charge on any atom is 0.0638 e. The SMILES string of the molecule is CCNCC(C)(CC)CN(C)CC(C)O. The fourth-order valence-electron chi connectivity index (χ4n) is 1.89. The molecular formula is C12H28N2O. The Hall–Kier alpha value is -0.120. The maximum atomic E-state index is 9.31. The molecule has 0 aliphatic rings. The number of aliphatic hydroxyl groups is 1. The molecular weight excluding hydrogens is 188 g/mol. The molecule has 0 aromatic carbocycles. The van der Waals surface area contributed by atoms with Crippen LogP contribution in [0.2, 0.25) is 0 Å². The lowest BCUT2D eigenvalue weighted by molar-refractivity contribution is 0.108. The Kier molecular flexibility index (Phi) is 7.14. The number of nitrogens with one attached hydrogen (secondary N) is 1. The summed E-state index contributed by atoms with van der Waals surface area (Å²) in [6.45, 7) is 12.4. The zero-order chi connectivity index (χ0) is 11.9. The molecule has 0 heterocycles. The lowest BCUT2D eigenvalue weighted by Gasteiger charge is -2.33. The van der Waals surface area contributed by atoms with Crippen LogP contribution in [-0.4, -0.2) is 49.3 Å². The minimum absolute atomic E-state index is 0.241. The highest BCUT2D eigenvalue weighted by atomic mass is 16.3. The average Bonchev–Trinajstić information content (AvgIpc) is 2.13. The van der Waals surface area contributed by atoms with Crippen molar-refractivity contribution in [2.24, 2.45) is 5.41 Å². The molecule has 15 heavy (non-hydrogen) atoms. The highest BCUT2D eigenvalue weighted by Gasteiger charge is 2.23. The molecule has 0 rings (SSSR count). The second-order valence-corrected chi connectivity index (χ2v) is 4.99. The van der Waals surface area contributed by atoms with E-state index in [1.54, 1.807) is 0 Å². The van der Waals surface area contributed by atoms with Crippen LogP contribution in [0.3, 0.4) is 0 Å². The Morgan fingerprint density at radius 2 is 2.00 bits per heavy atom. The maximum absolute atomic E-state index is 9.31. The van der Waals surface area contributed by atoms with Gasteiger partial charge in [0.05, 0.1) is 6.10 Å². The highest BCUT2D eigenvalue weighted by Crippen LogP contribution is 2.21. The number of hydrogen-bond acceptors (Lipinski definition) is 3. The summed E-state index contributed by atoms with van der Waals surface area (Å²) in [7, 11) is 2.08. The first-order valence-corrected chi connectivity index (χ1v) is 6.01. The minimum atomic E-state index is -0.241. The predicted molar refractivity (Wildman–Crippen MR) is 66.1 cm³/mol. The molecule has 0 aromatic heterocycles. The quantitative estimate of drug-likeness (QED) is 0.642. The molecule has 3 nitrogen and oxygen atoms in total. The summed E-state index contributed by atoms with van der Waals surface area (Å²) in [5.74, 6) is 0. The van der Waals surface area contributed by atoms with Crippen LogP contribution in [-0.2, 0) is 0 Å². The summed E-state index contributed by atoms with van der Waals surface area (Å²) >= 11 is 0. The molecule has 0 bridgehead atoms. The van der Waals surface area contributed by atoms with Gasteiger partial charge in [0, 0.05) is 19.6 Å². The molecule has 0 aromatic rings. The number of nitrogens with zero attached hydrogens (tertiary/aromatic N) is 1. The number of rotatable bonds is 8.